The second kappa shape index (κ2) is 8.88. The molecule has 1 fully saturated rings. The predicted molar refractivity (Wildman–Crippen MR) is 128 cm³/mol. The van der Waals surface area contributed by atoms with Gasteiger partial charge < -0.3 is 25.2 Å². The molecule has 32 heavy (non-hydrogen) atoms. The first-order chi connectivity index (χ1) is 15.7. The lowest BCUT2D eigenvalue weighted by Gasteiger charge is -2.28. The third-order valence-electron chi connectivity index (χ3n) is 5.93. The van der Waals surface area contributed by atoms with Crippen molar-refractivity contribution in [2.45, 2.75) is 13.3 Å². The average Bonchev–Trinajstić information content (AvgIpc) is 3.26. The summed E-state index contributed by atoms with van der Waals surface area (Å²) in [6, 6.07) is 18.4. The standard InChI is InChI=1S/C25H27N5O2/c1-18(31)30-12-10-19-3-2-4-23(25(19)30)27-21-9-11-26-24(17-21)28-20-5-7-22(8-6-20)29-13-15-32-16-14-29/h2-9,11,17H,10,12-16H2,1H3,(H2,26,27,28). The van der Waals surface area contributed by atoms with Crippen molar-refractivity contribution in [3.8, 4) is 0 Å². The molecule has 0 aliphatic carbocycles. The Labute approximate surface area is 188 Å². The second-order valence-corrected chi connectivity index (χ2v) is 8.06. The third-order valence-corrected chi connectivity index (χ3v) is 5.93. The monoisotopic (exact) mass is 429 g/mol. The number of pyridine rings is 1. The summed E-state index contributed by atoms with van der Waals surface area (Å²) >= 11 is 0. The minimum atomic E-state index is 0.0654. The Morgan fingerprint density at radius 1 is 0.969 bits per heavy atom. The van der Waals surface area contributed by atoms with Gasteiger partial charge in [0.05, 0.1) is 24.6 Å². The molecular weight excluding hydrogens is 402 g/mol. The maximum atomic E-state index is 12.1. The molecule has 2 aliphatic rings. The van der Waals surface area contributed by atoms with Crippen molar-refractivity contribution >= 4 is 40.2 Å². The van der Waals surface area contributed by atoms with Crippen LogP contribution in [0.15, 0.2) is 60.8 Å². The zero-order chi connectivity index (χ0) is 21.9. The van der Waals surface area contributed by atoms with Crippen LogP contribution in [0.2, 0.25) is 0 Å². The van der Waals surface area contributed by atoms with Gasteiger partial charge in [0.25, 0.3) is 0 Å². The summed E-state index contributed by atoms with van der Waals surface area (Å²) in [4.78, 5) is 20.7. The van der Waals surface area contributed by atoms with Gasteiger partial charge in [-0.05, 0) is 48.4 Å². The fourth-order valence-corrected chi connectivity index (χ4v) is 4.33. The SMILES string of the molecule is CC(=O)N1CCc2cccc(Nc3ccnc(Nc4ccc(N5CCOCC5)cc4)c3)c21. The van der Waals surface area contributed by atoms with Crippen molar-refractivity contribution in [2.24, 2.45) is 0 Å². The molecule has 2 aliphatic heterocycles. The molecule has 2 N–H and O–H groups in total. The van der Waals surface area contributed by atoms with Crippen LogP contribution in [-0.4, -0.2) is 43.7 Å². The number of aromatic nitrogens is 1. The van der Waals surface area contributed by atoms with E-state index in [0.717, 1.165) is 67.8 Å². The van der Waals surface area contributed by atoms with Crippen molar-refractivity contribution in [2.75, 3.05) is 53.3 Å². The van der Waals surface area contributed by atoms with E-state index >= 15 is 0 Å². The number of amides is 1. The number of carbonyl (C=O) groups excluding carboxylic acids is 1. The van der Waals surface area contributed by atoms with Gasteiger partial charge in [-0.15, -0.1) is 0 Å². The summed E-state index contributed by atoms with van der Waals surface area (Å²) in [5.74, 6) is 0.820. The molecule has 0 radical (unpaired) electrons. The number of ether oxygens (including phenoxy) is 1. The Hall–Kier alpha value is -3.58. The van der Waals surface area contributed by atoms with E-state index < -0.39 is 0 Å². The highest BCUT2D eigenvalue weighted by Gasteiger charge is 2.25. The molecule has 7 heteroatoms. The van der Waals surface area contributed by atoms with E-state index in [1.807, 2.05) is 29.2 Å². The van der Waals surface area contributed by atoms with Gasteiger partial charge in [-0.25, -0.2) is 4.98 Å². The van der Waals surface area contributed by atoms with Gasteiger partial charge in [0.2, 0.25) is 5.91 Å². The topological polar surface area (TPSA) is 69.7 Å². The van der Waals surface area contributed by atoms with Crippen molar-refractivity contribution in [3.05, 3.63) is 66.4 Å². The van der Waals surface area contributed by atoms with Crippen molar-refractivity contribution < 1.29 is 9.53 Å². The van der Waals surface area contributed by atoms with Gasteiger partial charge in [0.1, 0.15) is 5.82 Å². The normalized spacial score (nSPS) is 15.4. The van der Waals surface area contributed by atoms with Gasteiger partial charge >= 0.3 is 0 Å². The Kier molecular flexibility index (Phi) is 5.64. The first-order valence-electron chi connectivity index (χ1n) is 11.0. The zero-order valence-corrected chi connectivity index (χ0v) is 18.2. The van der Waals surface area contributed by atoms with Crippen LogP contribution in [0, 0.1) is 0 Å². The number of anilines is 6. The quantitative estimate of drug-likeness (QED) is 0.630. The highest BCUT2D eigenvalue weighted by molar-refractivity contribution is 5.98. The Morgan fingerprint density at radius 2 is 1.78 bits per heavy atom. The van der Waals surface area contributed by atoms with Gasteiger partial charge in [-0.1, -0.05) is 12.1 Å². The number of nitrogens with one attached hydrogen (secondary N) is 2. The first kappa shape index (κ1) is 20.3. The molecule has 0 unspecified atom stereocenters. The molecule has 0 atom stereocenters. The highest BCUT2D eigenvalue weighted by Crippen LogP contribution is 2.37. The van der Waals surface area contributed by atoms with Crippen molar-refractivity contribution in [1.82, 2.24) is 4.98 Å². The summed E-state index contributed by atoms with van der Waals surface area (Å²) in [6.45, 7) is 5.74. The summed E-state index contributed by atoms with van der Waals surface area (Å²) in [5.41, 5.74) is 6.20. The molecule has 164 valence electrons. The number of benzene rings is 2. The van der Waals surface area contributed by atoms with Crippen LogP contribution in [-0.2, 0) is 16.0 Å². The van der Waals surface area contributed by atoms with Gasteiger partial charge in [-0.3, -0.25) is 4.79 Å². The van der Waals surface area contributed by atoms with E-state index in [0.29, 0.717) is 0 Å². The van der Waals surface area contributed by atoms with Crippen LogP contribution < -0.4 is 20.4 Å². The molecule has 1 aromatic heterocycles. The van der Waals surface area contributed by atoms with Crippen molar-refractivity contribution in [3.63, 3.8) is 0 Å². The number of hydrogen-bond acceptors (Lipinski definition) is 6. The molecule has 5 rings (SSSR count). The van der Waals surface area contributed by atoms with Crippen LogP contribution in [0.5, 0.6) is 0 Å². The molecule has 7 nitrogen and oxygen atoms in total. The fourth-order valence-electron chi connectivity index (χ4n) is 4.33. The van der Waals surface area contributed by atoms with Crippen LogP contribution in [0.3, 0.4) is 0 Å². The lowest BCUT2D eigenvalue weighted by molar-refractivity contribution is -0.116. The predicted octanol–water partition coefficient (Wildman–Crippen LogP) is 4.31. The van der Waals surface area contributed by atoms with E-state index in [2.05, 4.69) is 50.8 Å². The number of morpholine rings is 1. The van der Waals surface area contributed by atoms with Gasteiger partial charge in [0.15, 0.2) is 0 Å². The smallest absolute Gasteiger partial charge is 0.223 e. The summed E-state index contributed by atoms with van der Waals surface area (Å²) < 4.78 is 5.43. The molecule has 0 saturated carbocycles. The molecule has 3 aromatic rings. The van der Waals surface area contributed by atoms with E-state index in [9.17, 15) is 4.79 Å². The average molecular weight is 430 g/mol. The van der Waals surface area contributed by atoms with Gasteiger partial charge in [0, 0.05) is 55.9 Å². The van der Waals surface area contributed by atoms with E-state index in [4.69, 9.17) is 4.74 Å². The Bertz CT molecular complexity index is 1110. The largest absolute Gasteiger partial charge is 0.378 e. The van der Waals surface area contributed by atoms with Crippen molar-refractivity contribution in [1.29, 1.82) is 0 Å². The number of carbonyl (C=O) groups is 1. The zero-order valence-electron chi connectivity index (χ0n) is 18.2. The summed E-state index contributed by atoms with van der Waals surface area (Å²) in [5, 5.41) is 6.86. The fraction of sp³-hybridized carbons (Fsp3) is 0.280. The molecular formula is C25H27N5O2. The number of fused-ring (bicyclic) bond motifs is 1. The maximum Gasteiger partial charge on any atom is 0.223 e. The van der Waals surface area contributed by atoms with E-state index in [-0.39, 0.29) is 5.91 Å². The molecule has 2 aromatic carbocycles. The molecule has 1 amide bonds. The van der Waals surface area contributed by atoms with Crippen LogP contribution in [0.4, 0.5) is 34.3 Å². The molecule has 0 bridgehead atoms. The lowest BCUT2D eigenvalue weighted by atomic mass is 10.1. The number of para-hydroxylation sites is 1. The Balaban J connectivity index is 1.31. The summed E-state index contributed by atoms with van der Waals surface area (Å²) in [7, 11) is 0. The Morgan fingerprint density at radius 3 is 2.56 bits per heavy atom. The number of rotatable bonds is 5. The maximum absolute atomic E-state index is 12.1. The minimum Gasteiger partial charge on any atom is -0.378 e. The highest BCUT2D eigenvalue weighted by atomic mass is 16.5. The molecule has 0 spiro atoms. The third kappa shape index (κ3) is 4.24. The van der Waals surface area contributed by atoms with Crippen LogP contribution in [0.25, 0.3) is 0 Å². The van der Waals surface area contributed by atoms with Crippen LogP contribution >= 0.6 is 0 Å². The number of nitrogens with zero attached hydrogens (tertiary/aromatic N) is 3. The van der Waals surface area contributed by atoms with Gasteiger partial charge in [-0.2, -0.15) is 0 Å². The lowest BCUT2D eigenvalue weighted by Crippen LogP contribution is -2.36. The summed E-state index contributed by atoms with van der Waals surface area (Å²) in [6.07, 6.45) is 2.66. The van der Waals surface area contributed by atoms with E-state index in [1.165, 1.54) is 11.3 Å². The second-order valence-electron chi connectivity index (χ2n) is 8.06. The first-order valence-corrected chi connectivity index (χ1v) is 11.0. The minimum absolute atomic E-state index is 0.0654. The molecule has 3 heterocycles. The van der Waals surface area contributed by atoms with E-state index in [1.54, 1.807) is 13.1 Å². The molecule has 1 saturated heterocycles. The van der Waals surface area contributed by atoms with Crippen LogP contribution in [0.1, 0.15) is 12.5 Å². The number of hydrogen-bond donors (Lipinski definition) is 2.